The molecule has 0 bridgehead atoms. The van der Waals surface area contributed by atoms with E-state index in [1.165, 1.54) is 43.5 Å². The molecule has 0 radical (unpaired) electrons. The zero-order chi connectivity index (χ0) is 24.9. The van der Waals surface area contributed by atoms with Gasteiger partial charge >= 0.3 is 12.1 Å². The molecule has 2 aromatic rings. The zero-order valence-electron chi connectivity index (χ0n) is 18.8. The number of carbonyl (C=O) groups excluding carboxylic acids is 2. The normalized spacial score (nSPS) is 14.9. The maximum atomic E-state index is 13.7. The Morgan fingerprint density at radius 1 is 1.09 bits per heavy atom. The number of carbonyl (C=O) groups is 2. The largest absolute Gasteiger partial charge is 0.493 e. The predicted molar refractivity (Wildman–Crippen MR) is 120 cm³/mol. The summed E-state index contributed by atoms with van der Waals surface area (Å²) < 4.78 is 56.9. The fraction of sp³-hybridized carbons (Fsp3) is 0.292. The molecule has 1 aliphatic rings. The number of methoxy groups -OCH3 is 1. The summed E-state index contributed by atoms with van der Waals surface area (Å²) in [4.78, 5) is 24.8. The van der Waals surface area contributed by atoms with Gasteiger partial charge in [0.25, 0.3) is 5.91 Å². The number of anilines is 1. The summed E-state index contributed by atoms with van der Waals surface area (Å²) in [5, 5.41) is 4.19. The SMILES string of the molecule is CCCOc1ccc(/C=C2/C(=O)N(c3ccc(C(=O)OCC)cc3)N=C2C(F)(F)F)cc1OC. The van der Waals surface area contributed by atoms with Gasteiger partial charge in [-0.25, -0.2) is 4.79 Å². The third-order valence-electron chi connectivity index (χ3n) is 4.73. The monoisotopic (exact) mass is 476 g/mol. The van der Waals surface area contributed by atoms with Crippen molar-refractivity contribution in [3.8, 4) is 11.5 Å². The number of rotatable bonds is 8. The van der Waals surface area contributed by atoms with Crippen molar-refractivity contribution in [2.24, 2.45) is 5.10 Å². The summed E-state index contributed by atoms with van der Waals surface area (Å²) >= 11 is 0. The molecule has 34 heavy (non-hydrogen) atoms. The van der Waals surface area contributed by atoms with Crippen molar-refractivity contribution < 1.29 is 37.0 Å². The average molecular weight is 476 g/mol. The third kappa shape index (κ3) is 5.38. The lowest BCUT2D eigenvalue weighted by atomic mass is 10.1. The molecule has 7 nitrogen and oxygen atoms in total. The van der Waals surface area contributed by atoms with Gasteiger partial charge in [-0.2, -0.15) is 23.3 Å². The van der Waals surface area contributed by atoms with Crippen molar-refractivity contribution in [1.82, 2.24) is 0 Å². The second kappa shape index (κ2) is 10.4. The fourth-order valence-corrected chi connectivity index (χ4v) is 3.15. The van der Waals surface area contributed by atoms with Gasteiger partial charge in [0.1, 0.15) is 0 Å². The van der Waals surface area contributed by atoms with Crippen molar-refractivity contribution >= 4 is 29.4 Å². The molecule has 1 heterocycles. The zero-order valence-corrected chi connectivity index (χ0v) is 18.8. The first-order valence-corrected chi connectivity index (χ1v) is 10.5. The molecule has 10 heteroatoms. The second-order valence-corrected chi connectivity index (χ2v) is 7.15. The smallest absolute Gasteiger partial charge is 0.435 e. The van der Waals surface area contributed by atoms with Gasteiger partial charge in [0, 0.05) is 0 Å². The number of alkyl halides is 3. The quantitative estimate of drug-likeness (QED) is 0.396. The molecule has 0 unspecified atom stereocenters. The Morgan fingerprint density at radius 2 is 1.79 bits per heavy atom. The number of hydrogen-bond acceptors (Lipinski definition) is 6. The van der Waals surface area contributed by atoms with Crippen LogP contribution in [-0.4, -0.2) is 44.1 Å². The van der Waals surface area contributed by atoms with Gasteiger partial charge in [-0.05, 0) is 61.4 Å². The summed E-state index contributed by atoms with van der Waals surface area (Å²) in [6, 6.07) is 9.93. The number of hydrogen-bond donors (Lipinski definition) is 0. The molecular formula is C24H23F3N2O5. The molecule has 0 aromatic heterocycles. The Balaban J connectivity index is 1.96. The van der Waals surface area contributed by atoms with Crippen LogP contribution in [-0.2, 0) is 9.53 Å². The van der Waals surface area contributed by atoms with E-state index in [-0.39, 0.29) is 17.9 Å². The molecule has 180 valence electrons. The number of amides is 1. The Bertz CT molecular complexity index is 1120. The minimum atomic E-state index is -4.87. The van der Waals surface area contributed by atoms with Gasteiger partial charge < -0.3 is 14.2 Å². The molecular weight excluding hydrogens is 453 g/mol. The van der Waals surface area contributed by atoms with E-state index in [2.05, 4.69) is 5.10 Å². The van der Waals surface area contributed by atoms with Gasteiger partial charge in [-0.1, -0.05) is 13.0 Å². The highest BCUT2D eigenvalue weighted by molar-refractivity contribution is 6.34. The molecule has 0 aliphatic carbocycles. The molecule has 1 amide bonds. The van der Waals surface area contributed by atoms with E-state index in [4.69, 9.17) is 14.2 Å². The molecule has 0 fully saturated rings. The molecule has 0 atom stereocenters. The molecule has 3 rings (SSSR count). The number of nitrogens with zero attached hydrogens (tertiary/aromatic N) is 2. The van der Waals surface area contributed by atoms with E-state index in [0.717, 1.165) is 12.5 Å². The van der Waals surface area contributed by atoms with Crippen molar-refractivity contribution in [2.45, 2.75) is 26.4 Å². The van der Waals surface area contributed by atoms with Crippen LogP contribution in [0.4, 0.5) is 18.9 Å². The first-order valence-electron chi connectivity index (χ1n) is 10.5. The van der Waals surface area contributed by atoms with Crippen molar-refractivity contribution in [3.63, 3.8) is 0 Å². The van der Waals surface area contributed by atoms with Gasteiger partial charge in [0.15, 0.2) is 17.2 Å². The van der Waals surface area contributed by atoms with Crippen LogP contribution in [0.25, 0.3) is 6.08 Å². The van der Waals surface area contributed by atoms with Crippen LogP contribution < -0.4 is 14.5 Å². The maximum Gasteiger partial charge on any atom is 0.435 e. The summed E-state index contributed by atoms with van der Waals surface area (Å²) in [7, 11) is 1.41. The van der Waals surface area contributed by atoms with Crippen LogP contribution >= 0.6 is 0 Å². The number of halogens is 3. The third-order valence-corrected chi connectivity index (χ3v) is 4.73. The van der Waals surface area contributed by atoms with Crippen LogP contribution in [0.1, 0.15) is 36.2 Å². The number of esters is 1. The molecule has 2 aromatic carbocycles. The summed E-state index contributed by atoms with van der Waals surface area (Å²) in [6.45, 7) is 4.21. The fourth-order valence-electron chi connectivity index (χ4n) is 3.15. The van der Waals surface area contributed by atoms with Gasteiger partial charge in [0.05, 0.1) is 37.1 Å². The van der Waals surface area contributed by atoms with Crippen molar-refractivity contribution in [2.75, 3.05) is 25.3 Å². The lowest BCUT2D eigenvalue weighted by molar-refractivity contribution is -0.114. The predicted octanol–water partition coefficient (Wildman–Crippen LogP) is 5.01. The van der Waals surface area contributed by atoms with E-state index in [0.29, 0.717) is 28.7 Å². The van der Waals surface area contributed by atoms with Gasteiger partial charge in [-0.15, -0.1) is 0 Å². The molecule has 0 N–H and O–H groups in total. The molecule has 0 saturated carbocycles. The lowest BCUT2D eigenvalue weighted by Crippen LogP contribution is -2.25. The van der Waals surface area contributed by atoms with Crippen molar-refractivity contribution in [1.29, 1.82) is 0 Å². The van der Waals surface area contributed by atoms with E-state index >= 15 is 0 Å². The number of benzene rings is 2. The van der Waals surface area contributed by atoms with Gasteiger partial charge in [0.2, 0.25) is 0 Å². The van der Waals surface area contributed by atoms with Crippen LogP contribution in [0.5, 0.6) is 11.5 Å². The molecule has 0 spiro atoms. The van der Waals surface area contributed by atoms with E-state index < -0.39 is 29.3 Å². The molecule has 1 aliphatic heterocycles. The Hall–Kier alpha value is -3.82. The topological polar surface area (TPSA) is 77.4 Å². The van der Waals surface area contributed by atoms with Crippen LogP contribution in [0.15, 0.2) is 53.1 Å². The van der Waals surface area contributed by atoms with E-state index in [1.807, 2.05) is 6.92 Å². The Morgan fingerprint density at radius 3 is 2.38 bits per heavy atom. The average Bonchev–Trinajstić information content (AvgIpc) is 3.14. The summed E-state index contributed by atoms with van der Waals surface area (Å²) in [5.41, 5.74) is -1.36. The first-order chi connectivity index (χ1) is 16.2. The number of hydrazone groups is 1. The van der Waals surface area contributed by atoms with Crippen molar-refractivity contribution in [3.05, 3.63) is 59.2 Å². The summed E-state index contributed by atoms with van der Waals surface area (Å²) in [5.74, 6) is -0.772. The maximum absolute atomic E-state index is 13.7. The van der Waals surface area contributed by atoms with Crippen LogP contribution in [0.2, 0.25) is 0 Å². The van der Waals surface area contributed by atoms with Crippen LogP contribution in [0.3, 0.4) is 0 Å². The van der Waals surface area contributed by atoms with Crippen LogP contribution in [0, 0.1) is 0 Å². The van der Waals surface area contributed by atoms with Gasteiger partial charge in [-0.3, -0.25) is 4.79 Å². The minimum absolute atomic E-state index is 0.0732. The lowest BCUT2D eigenvalue weighted by Gasteiger charge is -2.12. The standard InChI is InChI=1S/C24H23F3N2O5/c1-4-12-34-19-11-6-15(14-20(19)32-3)13-18-21(24(25,26)27)28-29(22(18)30)17-9-7-16(8-10-17)23(31)33-5-2/h6-11,13-14H,4-5,12H2,1-3H3/b18-13+. The number of ether oxygens (including phenoxy) is 3. The Kier molecular flexibility index (Phi) is 7.60. The van der Waals surface area contributed by atoms with E-state index in [1.54, 1.807) is 13.0 Å². The minimum Gasteiger partial charge on any atom is -0.493 e. The summed E-state index contributed by atoms with van der Waals surface area (Å²) in [6.07, 6.45) is -2.99. The second-order valence-electron chi connectivity index (χ2n) is 7.15. The van der Waals surface area contributed by atoms with E-state index in [9.17, 15) is 22.8 Å². The highest BCUT2D eigenvalue weighted by Gasteiger charge is 2.46. The highest BCUT2D eigenvalue weighted by Crippen LogP contribution is 2.34. The molecule has 0 saturated heterocycles. The highest BCUT2D eigenvalue weighted by atomic mass is 19.4. The first kappa shape index (κ1) is 24.8. The Labute approximate surface area is 194 Å².